The van der Waals surface area contributed by atoms with Gasteiger partial charge in [0, 0.05) is 10.7 Å². The first kappa shape index (κ1) is 18.2. The second kappa shape index (κ2) is 9.20. The molecule has 2 N–H and O–H groups in total. The summed E-state index contributed by atoms with van der Waals surface area (Å²) in [5.41, 5.74) is 2.32. The van der Waals surface area contributed by atoms with Gasteiger partial charge in [-0.25, -0.2) is 0 Å². The molecule has 5 heteroatoms. The van der Waals surface area contributed by atoms with E-state index in [2.05, 4.69) is 11.0 Å². The van der Waals surface area contributed by atoms with Gasteiger partial charge in [-0.1, -0.05) is 48.0 Å². The Morgan fingerprint density at radius 2 is 1.84 bits per heavy atom. The lowest BCUT2D eigenvalue weighted by atomic mass is 10.2. The zero-order valence-electron chi connectivity index (χ0n) is 14.4. The van der Waals surface area contributed by atoms with Gasteiger partial charge < -0.3 is 19.6 Å². The van der Waals surface area contributed by atoms with Crippen LogP contribution in [0.4, 0.5) is 5.69 Å². The molecule has 0 spiro atoms. The van der Waals surface area contributed by atoms with Gasteiger partial charge in [-0.2, -0.15) is 0 Å². The van der Waals surface area contributed by atoms with Crippen molar-refractivity contribution in [2.24, 2.45) is 0 Å². The molecule has 0 amide bonds. The van der Waals surface area contributed by atoms with Crippen molar-refractivity contribution >= 4 is 17.3 Å². The maximum atomic E-state index is 10.2. The molecule has 4 nitrogen and oxygen atoms in total. The number of hydrogen-bond acceptors (Lipinski definition) is 3. The molecule has 0 aromatic heterocycles. The molecule has 1 atom stereocenters. The molecule has 3 rings (SSSR count). The number of hydrogen-bond donors (Lipinski definition) is 2. The highest BCUT2D eigenvalue weighted by Gasteiger charge is 2.22. The van der Waals surface area contributed by atoms with E-state index < -0.39 is 6.10 Å². The zero-order valence-corrected chi connectivity index (χ0v) is 15.2. The van der Waals surface area contributed by atoms with Crippen LogP contribution >= 0.6 is 11.6 Å². The van der Waals surface area contributed by atoms with Crippen LogP contribution in [-0.2, 0) is 11.3 Å². The van der Waals surface area contributed by atoms with Gasteiger partial charge in [0.25, 0.3) is 0 Å². The van der Waals surface area contributed by atoms with E-state index in [1.807, 2.05) is 48.5 Å². The van der Waals surface area contributed by atoms with Gasteiger partial charge in [-0.05, 0) is 23.8 Å². The van der Waals surface area contributed by atoms with Crippen LogP contribution in [0.2, 0.25) is 5.02 Å². The molecule has 1 heterocycles. The van der Waals surface area contributed by atoms with Crippen molar-refractivity contribution in [3.05, 3.63) is 65.2 Å². The lowest BCUT2D eigenvalue weighted by Gasteiger charge is -2.34. The first-order chi connectivity index (χ1) is 12.2. The first-order valence-corrected chi connectivity index (χ1v) is 9.22. The van der Waals surface area contributed by atoms with E-state index in [-0.39, 0.29) is 0 Å². The fraction of sp³-hybridized carbons (Fsp3) is 0.400. The SMILES string of the molecule is O[C@H](COCc1ccccc1)C[NH+]1CCN(c2cccc(Cl)c2)CC1. The topological polar surface area (TPSA) is 37.1 Å². The highest BCUT2D eigenvalue weighted by Crippen LogP contribution is 2.19. The van der Waals surface area contributed by atoms with E-state index in [0.717, 1.165) is 43.3 Å². The molecule has 1 aliphatic rings. The van der Waals surface area contributed by atoms with Crippen LogP contribution in [0, 0.1) is 0 Å². The Bertz CT molecular complexity index is 645. The standard InChI is InChI=1S/C20H25ClN2O2/c21-18-7-4-8-19(13-18)23-11-9-22(10-12-23)14-20(24)16-25-15-17-5-2-1-3-6-17/h1-8,13,20,24H,9-12,14-16H2/p+1/t20-/m0/s1. The van der Waals surface area contributed by atoms with Crippen molar-refractivity contribution in [1.29, 1.82) is 0 Å². The summed E-state index contributed by atoms with van der Waals surface area (Å²) in [5, 5.41) is 11.0. The Kier molecular flexibility index (Phi) is 6.70. The van der Waals surface area contributed by atoms with Crippen molar-refractivity contribution < 1.29 is 14.7 Å². The number of rotatable bonds is 7. The van der Waals surface area contributed by atoms with Crippen LogP contribution in [0.1, 0.15) is 5.56 Å². The Morgan fingerprint density at radius 3 is 2.56 bits per heavy atom. The number of nitrogens with zero attached hydrogens (tertiary/aromatic N) is 1. The minimum Gasteiger partial charge on any atom is -0.385 e. The van der Waals surface area contributed by atoms with Gasteiger partial charge >= 0.3 is 0 Å². The summed E-state index contributed by atoms with van der Waals surface area (Å²) >= 11 is 6.08. The molecule has 1 fully saturated rings. The number of piperazine rings is 1. The summed E-state index contributed by atoms with van der Waals surface area (Å²) in [6, 6.07) is 18.1. The molecule has 25 heavy (non-hydrogen) atoms. The van der Waals surface area contributed by atoms with Crippen molar-refractivity contribution in [2.45, 2.75) is 12.7 Å². The zero-order chi connectivity index (χ0) is 17.5. The number of quaternary nitrogens is 1. The van der Waals surface area contributed by atoms with Gasteiger partial charge in [0.1, 0.15) is 12.6 Å². The van der Waals surface area contributed by atoms with Gasteiger partial charge in [0.2, 0.25) is 0 Å². The van der Waals surface area contributed by atoms with E-state index in [1.165, 1.54) is 10.6 Å². The molecule has 0 bridgehead atoms. The Hall–Kier alpha value is -1.59. The number of benzene rings is 2. The molecule has 2 aromatic rings. The lowest BCUT2D eigenvalue weighted by Crippen LogP contribution is -3.16. The number of nitrogens with one attached hydrogen (secondary N) is 1. The smallest absolute Gasteiger partial charge is 0.126 e. The lowest BCUT2D eigenvalue weighted by molar-refractivity contribution is -0.903. The van der Waals surface area contributed by atoms with Gasteiger partial charge in [-0.3, -0.25) is 0 Å². The third-order valence-corrected chi connectivity index (χ3v) is 4.83. The fourth-order valence-corrected chi connectivity index (χ4v) is 3.42. The van der Waals surface area contributed by atoms with E-state index in [1.54, 1.807) is 0 Å². The Balaban J connectivity index is 1.37. The highest BCUT2D eigenvalue weighted by molar-refractivity contribution is 6.30. The second-order valence-electron chi connectivity index (χ2n) is 6.58. The second-order valence-corrected chi connectivity index (χ2v) is 7.01. The molecule has 0 saturated carbocycles. The quantitative estimate of drug-likeness (QED) is 0.787. The maximum Gasteiger partial charge on any atom is 0.126 e. The normalized spacial score (nSPS) is 16.8. The van der Waals surface area contributed by atoms with Crippen LogP contribution in [-0.4, -0.2) is 50.5 Å². The molecular weight excluding hydrogens is 336 g/mol. The molecular formula is C20H26ClN2O2+. The molecule has 1 aliphatic heterocycles. The van der Waals surface area contributed by atoms with Crippen molar-refractivity contribution in [3.8, 4) is 0 Å². The molecule has 2 aromatic carbocycles. The van der Waals surface area contributed by atoms with Gasteiger partial charge in [0.05, 0.1) is 39.4 Å². The largest absolute Gasteiger partial charge is 0.385 e. The van der Waals surface area contributed by atoms with Crippen LogP contribution < -0.4 is 9.80 Å². The summed E-state index contributed by atoms with van der Waals surface area (Å²) in [5.74, 6) is 0. The number of anilines is 1. The first-order valence-electron chi connectivity index (χ1n) is 8.84. The number of aliphatic hydroxyl groups is 1. The molecule has 0 unspecified atom stereocenters. The molecule has 134 valence electrons. The van der Waals surface area contributed by atoms with Crippen LogP contribution in [0.15, 0.2) is 54.6 Å². The van der Waals surface area contributed by atoms with E-state index in [4.69, 9.17) is 16.3 Å². The third-order valence-electron chi connectivity index (χ3n) is 4.59. The average molecular weight is 362 g/mol. The van der Waals surface area contributed by atoms with E-state index in [9.17, 15) is 5.11 Å². The average Bonchev–Trinajstić information content (AvgIpc) is 2.63. The predicted octanol–water partition coefficient (Wildman–Crippen LogP) is 1.62. The van der Waals surface area contributed by atoms with Crippen molar-refractivity contribution in [3.63, 3.8) is 0 Å². The minimum absolute atomic E-state index is 0.385. The van der Waals surface area contributed by atoms with Gasteiger partial charge in [-0.15, -0.1) is 0 Å². The summed E-state index contributed by atoms with van der Waals surface area (Å²) in [7, 11) is 0. The fourth-order valence-electron chi connectivity index (χ4n) is 3.24. The summed E-state index contributed by atoms with van der Waals surface area (Å²) in [6.07, 6.45) is -0.420. The monoisotopic (exact) mass is 361 g/mol. The predicted molar refractivity (Wildman–Crippen MR) is 101 cm³/mol. The van der Waals surface area contributed by atoms with Crippen LogP contribution in [0.5, 0.6) is 0 Å². The van der Waals surface area contributed by atoms with Crippen LogP contribution in [0.25, 0.3) is 0 Å². The molecule has 0 radical (unpaired) electrons. The number of aliphatic hydroxyl groups excluding tert-OH is 1. The highest BCUT2D eigenvalue weighted by atomic mass is 35.5. The number of ether oxygens (including phenoxy) is 1. The minimum atomic E-state index is -0.420. The summed E-state index contributed by atoms with van der Waals surface area (Å²) < 4.78 is 5.64. The van der Waals surface area contributed by atoms with Crippen molar-refractivity contribution in [1.82, 2.24) is 0 Å². The number of halogens is 1. The Morgan fingerprint density at radius 1 is 1.08 bits per heavy atom. The van der Waals surface area contributed by atoms with E-state index in [0.29, 0.717) is 13.2 Å². The Labute approximate surface area is 154 Å². The van der Waals surface area contributed by atoms with Crippen molar-refractivity contribution in [2.75, 3.05) is 44.2 Å². The maximum absolute atomic E-state index is 10.2. The molecule has 1 saturated heterocycles. The third kappa shape index (κ3) is 5.72. The van der Waals surface area contributed by atoms with E-state index >= 15 is 0 Å². The summed E-state index contributed by atoms with van der Waals surface area (Å²) in [4.78, 5) is 3.78. The van der Waals surface area contributed by atoms with Gasteiger partial charge in [0.15, 0.2) is 0 Å². The summed E-state index contributed by atoms with van der Waals surface area (Å²) in [6.45, 7) is 5.66. The van der Waals surface area contributed by atoms with Crippen LogP contribution in [0.3, 0.4) is 0 Å². The molecule has 0 aliphatic carbocycles.